The zero-order chi connectivity index (χ0) is 27.9. The van der Waals surface area contributed by atoms with Crippen LogP contribution >= 0.6 is 0 Å². The Kier molecular flexibility index (Phi) is 7.01. The molecule has 1 amide bonds. The van der Waals surface area contributed by atoms with Crippen LogP contribution in [0.25, 0.3) is 10.9 Å². The van der Waals surface area contributed by atoms with Crippen LogP contribution in [-0.2, 0) is 20.1 Å². The van der Waals surface area contributed by atoms with Crippen molar-refractivity contribution in [3.05, 3.63) is 46.9 Å². The van der Waals surface area contributed by atoms with Crippen LogP contribution in [0.4, 0.5) is 16.3 Å². The van der Waals surface area contributed by atoms with Crippen molar-refractivity contribution in [3.8, 4) is 6.07 Å². The summed E-state index contributed by atoms with van der Waals surface area (Å²) in [5, 5.41) is 18.1. The van der Waals surface area contributed by atoms with Gasteiger partial charge < -0.3 is 19.9 Å². The van der Waals surface area contributed by atoms with E-state index >= 15 is 0 Å². The van der Waals surface area contributed by atoms with Gasteiger partial charge in [0.15, 0.2) is 15.7 Å². The van der Waals surface area contributed by atoms with Crippen molar-refractivity contribution >= 4 is 38.3 Å². The highest BCUT2D eigenvalue weighted by Gasteiger charge is 2.46. The van der Waals surface area contributed by atoms with Gasteiger partial charge >= 0.3 is 6.09 Å². The summed E-state index contributed by atoms with van der Waals surface area (Å²) in [6, 6.07) is 10.2. The normalized spacial score (nSPS) is 20.2. The number of aromatic amines is 1. The third kappa shape index (κ3) is 5.24. The van der Waals surface area contributed by atoms with E-state index in [1.54, 1.807) is 27.8 Å². The van der Waals surface area contributed by atoms with Gasteiger partial charge in [0.05, 0.1) is 28.4 Å². The smallest absolute Gasteiger partial charge is 0.410 e. The number of benzene rings is 1. The van der Waals surface area contributed by atoms with E-state index in [-0.39, 0.29) is 28.6 Å². The molecular weight excluding hydrogens is 508 g/mol. The highest BCUT2D eigenvalue weighted by atomic mass is 32.2. The van der Waals surface area contributed by atoms with E-state index in [0.717, 1.165) is 6.26 Å². The van der Waals surface area contributed by atoms with Crippen molar-refractivity contribution in [1.29, 1.82) is 5.26 Å². The molecule has 0 saturated carbocycles. The highest BCUT2D eigenvalue weighted by Crippen LogP contribution is 2.41. The Hall–Kier alpha value is -3.85. The maximum absolute atomic E-state index is 12.9. The fraction of sp³-hybridized carbons (Fsp3) is 0.462. The van der Waals surface area contributed by atoms with Crippen LogP contribution < -0.4 is 10.9 Å². The molecule has 38 heavy (non-hydrogen) atoms. The number of likely N-dealkylation sites (tertiary alicyclic amines) is 1. The summed E-state index contributed by atoms with van der Waals surface area (Å²) in [7, 11) is -3.36. The van der Waals surface area contributed by atoms with Crippen molar-refractivity contribution in [2.75, 3.05) is 24.7 Å². The summed E-state index contributed by atoms with van der Waals surface area (Å²) >= 11 is 0. The molecule has 0 radical (unpaired) electrons. The first-order valence-corrected chi connectivity index (χ1v) is 14.2. The average molecular weight is 541 g/mol. The minimum atomic E-state index is -3.36. The molecule has 11 nitrogen and oxygen atoms in total. The predicted molar refractivity (Wildman–Crippen MR) is 143 cm³/mol. The van der Waals surface area contributed by atoms with E-state index in [0.29, 0.717) is 36.1 Å². The Balaban J connectivity index is 1.74. The molecule has 1 fully saturated rings. The standard InChI is InChI=1S/C26H32N6O5S/c1-17-16-31(24(34)37-25(2,3)4)15-12-26(17,11-13-27)32-20-10-14-28-23(33)21(20)22(30-32)29-18-6-8-19(9-7-18)38(5,35)36/h6-10,14,17H,11-12,15-16H2,1-5H3,(H,28,33)(H,29,30)/t17-,26+/m1/s1. The Morgan fingerprint density at radius 1 is 1.29 bits per heavy atom. The summed E-state index contributed by atoms with van der Waals surface area (Å²) in [5.41, 5.74) is -0.652. The van der Waals surface area contributed by atoms with Crippen LogP contribution in [0.15, 0.2) is 46.2 Å². The lowest BCUT2D eigenvalue weighted by molar-refractivity contribution is -0.00358. The maximum atomic E-state index is 12.9. The van der Waals surface area contributed by atoms with Gasteiger partial charge in [-0.25, -0.2) is 13.2 Å². The first-order chi connectivity index (χ1) is 17.7. The average Bonchev–Trinajstić information content (AvgIpc) is 3.19. The van der Waals surface area contributed by atoms with Crippen molar-refractivity contribution < 1.29 is 17.9 Å². The Morgan fingerprint density at radius 3 is 2.55 bits per heavy atom. The van der Waals surface area contributed by atoms with Crippen molar-refractivity contribution in [3.63, 3.8) is 0 Å². The summed E-state index contributed by atoms with van der Waals surface area (Å²) < 4.78 is 30.9. The van der Waals surface area contributed by atoms with Crippen LogP contribution in [-0.4, -0.2) is 59.1 Å². The van der Waals surface area contributed by atoms with Crippen molar-refractivity contribution in [2.45, 2.75) is 56.6 Å². The number of H-pyrrole nitrogens is 1. The molecule has 2 N–H and O–H groups in total. The van der Waals surface area contributed by atoms with Crippen LogP contribution in [0, 0.1) is 17.2 Å². The number of carbonyl (C=O) groups excluding carboxylic acids is 1. The summed E-state index contributed by atoms with van der Waals surface area (Å²) in [6.45, 7) is 8.13. The zero-order valence-corrected chi connectivity index (χ0v) is 22.9. The number of nitrogens with zero attached hydrogens (tertiary/aromatic N) is 4. The number of hydrogen-bond acceptors (Lipinski definition) is 8. The van der Waals surface area contributed by atoms with E-state index in [1.807, 2.05) is 27.7 Å². The van der Waals surface area contributed by atoms with Gasteiger partial charge in [0.1, 0.15) is 11.0 Å². The van der Waals surface area contributed by atoms with Gasteiger partial charge in [0, 0.05) is 37.1 Å². The fourth-order valence-corrected chi connectivity index (χ4v) is 5.51. The Bertz CT molecular complexity index is 1560. The van der Waals surface area contributed by atoms with Gasteiger partial charge in [-0.05, 0) is 57.5 Å². The van der Waals surface area contributed by atoms with E-state index in [4.69, 9.17) is 9.84 Å². The lowest BCUT2D eigenvalue weighted by Gasteiger charge is -2.45. The number of ether oxygens (including phenoxy) is 1. The summed E-state index contributed by atoms with van der Waals surface area (Å²) in [5.74, 6) is 0.0979. The van der Waals surface area contributed by atoms with E-state index in [1.165, 1.54) is 18.3 Å². The first-order valence-electron chi connectivity index (χ1n) is 12.3. The molecule has 202 valence electrons. The van der Waals surface area contributed by atoms with Crippen LogP contribution in [0.3, 0.4) is 0 Å². The zero-order valence-electron chi connectivity index (χ0n) is 22.1. The quantitative estimate of drug-likeness (QED) is 0.497. The van der Waals surface area contributed by atoms with Gasteiger partial charge in [-0.15, -0.1) is 0 Å². The molecule has 0 bridgehead atoms. The summed E-state index contributed by atoms with van der Waals surface area (Å²) in [4.78, 5) is 30.2. The largest absolute Gasteiger partial charge is 0.444 e. The van der Waals surface area contributed by atoms with E-state index in [2.05, 4.69) is 16.4 Å². The number of carbonyl (C=O) groups is 1. The minimum absolute atomic E-state index is 0.127. The third-order valence-electron chi connectivity index (χ3n) is 6.83. The molecular formula is C26H32N6O5S. The number of nitrogens with one attached hydrogen (secondary N) is 2. The maximum Gasteiger partial charge on any atom is 0.410 e. The molecule has 3 aromatic rings. The SMILES string of the molecule is C[C@@H]1CN(C(=O)OC(C)(C)C)CC[C@]1(CC#N)n1nc(Nc2ccc(S(C)(=O)=O)cc2)c2c(=O)[nH]ccc21. The van der Waals surface area contributed by atoms with Gasteiger partial charge in [-0.1, -0.05) is 6.92 Å². The number of piperidine rings is 1. The Morgan fingerprint density at radius 2 is 1.97 bits per heavy atom. The predicted octanol–water partition coefficient (Wildman–Crippen LogP) is 3.76. The number of fused-ring (bicyclic) bond motifs is 1. The molecule has 1 aliphatic heterocycles. The van der Waals surface area contributed by atoms with Crippen molar-refractivity contribution in [1.82, 2.24) is 19.7 Å². The topological polar surface area (TPSA) is 150 Å². The van der Waals surface area contributed by atoms with Crippen LogP contribution in [0.1, 0.15) is 40.5 Å². The number of rotatable bonds is 5. The number of nitriles is 1. The highest BCUT2D eigenvalue weighted by molar-refractivity contribution is 7.90. The summed E-state index contributed by atoms with van der Waals surface area (Å²) in [6.07, 6.45) is 2.83. The number of pyridine rings is 1. The molecule has 1 aromatic carbocycles. The molecule has 0 spiro atoms. The molecule has 1 aliphatic rings. The van der Waals surface area contributed by atoms with E-state index < -0.39 is 27.1 Å². The van der Waals surface area contributed by atoms with Crippen molar-refractivity contribution in [2.24, 2.45) is 5.92 Å². The molecule has 2 atom stereocenters. The van der Waals surface area contributed by atoms with Crippen LogP contribution in [0.5, 0.6) is 0 Å². The van der Waals surface area contributed by atoms with Gasteiger partial charge in [0.2, 0.25) is 0 Å². The second-order valence-corrected chi connectivity index (χ2v) is 12.8. The molecule has 0 aliphatic carbocycles. The second-order valence-electron chi connectivity index (χ2n) is 10.8. The monoisotopic (exact) mass is 540 g/mol. The Labute approximate surface area is 221 Å². The fourth-order valence-electron chi connectivity index (χ4n) is 4.87. The minimum Gasteiger partial charge on any atom is -0.444 e. The molecule has 3 heterocycles. The molecule has 4 rings (SSSR count). The first kappa shape index (κ1) is 27.2. The number of hydrogen-bond donors (Lipinski definition) is 2. The number of amides is 1. The van der Waals surface area contributed by atoms with Gasteiger partial charge in [0.25, 0.3) is 5.56 Å². The second kappa shape index (κ2) is 9.79. The molecule has 12 heteroatoms. The van der Waals surface area contributed by atoms with Gasteiger partial charge in [-0.2, -0.15) is 10.4 Å². The third-order valence-corrected chi connectivity index (χ3v) is 7.96. The molecule has 1 saturated heterocycles. The number of sulfone groups is 1. The van der Waals surface area contributed by atoms with Crippen LogP contribution in [0.2, 0.25) is 0 Å². The lowest BCUT2D eigenvalue weighted by Crippen LogP contribution is -2.54. The molecule has 2 aromatic heterocycles. The lowest BCUT2D eigenvalue weighted by atomic mass is 9.76. The van der Waals surface area contributed by atoms with E-state index in [9.17, 15) is 23.3 Å². The number of anilines is 2. The number of aromatic nitrogens is 3. The molecule has 0 unspecified atom stereocenters. The van der Waals surface area contributed by atoms with Gasteiger partial charge in [-0.3, -0.25) is 9.48 Å².